The van der Waals surface area contributed by atoms with Gasteiger partial charge in [0.1, 0.15) is 0 Å². The smallest absolute Gasteiger partial charge is 0.176 e. The summed E-state index contributed by atoms with van der Waals surface area (Å²) >= 11 is 67.4. The number of aromatic nitrogens is 8. The molecule has 4 heterocycles. The summed E-state index contributed by atoms with van der Waals surface area (Å²) in [6.45, 7) is 34.4. The zero-order chi connectivity index (χ0) is 71.8. The van der Waals surface area contributed by atoms with Crippen LogP contribution in [0.25, 0.3) is 0 Å². The van der Waals surface area contributed by atoms with Gasteiger partial charge in [0.15, 0.2) is 19.1 Å². The van der Waals surface area contributed by atoms with Crippen LogP contribution in [0.4, 0.5) is 0 Å². The summed E-state index contributed by atoms with van der Waals surface area (Å²) in [5, 5.41) is 6.18. The molecule has 4 aromatic rings. The molecule has 0 aromatic carbocycles. The maximum absolute atomic E-state index is 5.75. The van der Waals surface area contributed by atoms with E-state index in [2.05, 4.69) is 120 Å². The zero-order valence-electron chi connectivity index (χ0n) is 63.4. The van der Waals surface area contributed by atoms with Gasteiger partial charge >= 0.3 is 0 Å². The molecule has 0 saturated carbocycles. The van der Waals surface area contributed by atoms with Crippen molar-refractivity contribution in [2.45, 2.75) is 432 Å². The molecule has 0 aliphatic heterocycles. The topological polar surface area (TPSA) is 39.4 Å². The van der Waals surface area contributed by atoms with Crippen molar-refractivity contribution < 1.29 is 33.0 Å². The average Bonchev–Trinajstić information content (AvgIpc) is 1.70. The molecule has 4 rings (SSSR count). The van der Waals surface area contributed by atoms with E-state index in [1.807, 2.05) is 0 Å². The van der Waals surface area contributed by atoms with Gasteiger partial charge in [-0.15, -0.1) is 40.2 Å². The van der Waals surface area contributed by atoms with E-state index in [1.54, 1.807) is 0 Å². The Bertz CT molecular complexity index is 2480. The predicted octanol–water partition coefficient (Wildman–Crippen LogP) is 25.6. The Balaban J connectivity index is 0. The third kappa shape index (κ3) is 37.8. The van der Waals surface area contributed by atoms with Crippen LogP contribution in [0, 0.1) is 42.8 Å². The Hall–Kier alpha value is 0.467. The summed E-state index contributed by atoms with van der Waals surface area (Å²) in [6, 6.07) is 0. The van der Waals surface area contributed by atoms with Crippen LogP contribution >= 0.6 is 48.9 Å². The fourth-order valence-corrected chi connectivity index (χ4v) is 16.6. The van der Waals surface area contributed by atoms with Gasteiger partial charge in [-0.2, -0.15) is 0 Å². The first-order chi connectivity index (χ1) is 46.2. The van der Waals surface area contributed by atoms with E-state index in [1.165, 1.54) is 231 Å². The van der Waals surface area contributed by atoms with Crippen molar-refractivity contribution in [3.63, 3.8) is 0 Å². The minimum Gasteiger partial charge on any atom is -0.762 e. The molecule has 0 aliphatic carbocycles. The van der Waals surface area contributed by atoms with Crippen molar-refractivity contribution >= 4 is 150 Å². The molecule has 0 bridgehead atoms. The number of hydrogen-bond acceptors (Lipinski definition) is 12. The number of imidazole rings is 4. The minimum absolute atomic E-state index is 0. The molecule has 0 radical (unpaired) electrons. The van der Waals surface area contributed by atoms with E-state index >= 15 is 0 Å². The second-order valence-electron chi connectivity index (χ2n) is 27.4. The maximum Gasteiger partial charge on any atom is 0.176 e. The Kier molecular flexibility index (Phi) is 64.1. The molecule has 4 atom stereocenters. The first kappa shape index (κ1) is 101. The normalized spacial score (nSPS) is 12.4. The summed E-state index contributed by atoms with van der Waals surface area (Å²) in [5.74, 6) is 2.58. The van der Waals surface area contributed by atoms with Crippen LogP contribution in [-0.4, -0.2) is 36.5 Å². The van der Waals surface area contributed by atoms with Crippen LogP contribution in [0.2, 0.25) is 0 Å². The van der Waals surface area contributed by atoms with Crippen molar-refractivity contribution in [2.24, 2.45) is 23.7 Å². The third-order valence-electron chi connectivity index (χ3n) is 19.4. The molecule has 4 aromatic heterocycles. The van der Waals surface area contributed by atoms with Gasteiger partial charge < -0.3 is 138 Å². The van der Waals surface area contributed by atoms with Gasteiger partial charge in [-0.05, 0) is 124 Å². The first-order valence-electron chi connectivity index (χ1n) is 38.9. The number of hydrogen-bond donors (Lipinski definition) is 0. The Morgan fingerprint density at radius 2 is 0.357 bits per heavy atom. The van der Waals surface area contributed by atoms with E-state index < -0.39 is 0 Å². The van der Waals surface area contributed by atoms with E-state index in [9.17, 15) is 0 Å². The fraction of sp³-hybridized carbons (Fsp3) is 0.842. The molecule has 0 saturated heterocycles. The van der Waals surface area contributed by atoms with Crippen molar-refractivity contribution in [3.05, 3.63) is 19.1 Å². The largest absolute Gasteiger partial charge is 0.762 e. The molecule has 0 amide bonds. The Morgan fingerprint density at radius 3 is 0.520 bits per heavy atom. The molecule has 8 nitrogen and oxygen atoms in total. The standard InChI is InChI=1S/4C19H36N2S3.2Ni/c2*1-5-9-11-15(7-3)13-20-17(22)18(23)21(19(20)24)14-16(8-4)12-10-6-2;2*1-3-5-7-9-11-13-15-20-17(22)18(23)21(19(20)24)16-14-12-10-8-6-4-2;;/h2*15-16,22-23H,5-14H2,1-4H3;2*22-23H,3-16H2,1-2H3;;/p-8. The van der Waals surface area contributed by atoms with Crippen LogP contribution in [-0.2, 0) is 186 Å². The van der Waals surface area contributed by atoms with Gasteiger partial charge in [0.05, 0.1) is 0 Å². The molecule has 0 N–H and O–H groups in total. The van der Waals surface area contributed by atoms with E-state index in [0.29, 0.717) is 23.7 Å². The molecule has 98 heavy (non-hydrogen) atoms. The molecule has 0 fully saturated rings. The van der Waals surface area contributed by atoms with Gasteiger partial charge in [0.25, 0.3) is 0 Å². The number of nitrogens with zero attached hydrogens (tertiary/aromatic N) is 8. The number of unbranched alkanes of at least 4 members (excludes halogenated alkanes) is 24. The van der Waals surface area contributed by atoms with Gasteiger partial charge in [-0.25, -0.2) is 0 Å². The molecule has 580 valence electrons. The van der Waals surface area contributed by atoms with Crippen molar-refractivity contribution in [2.75, 3.05) is 0 Å². The molecular weight excluding hydrogens is 1530 g/mol. The fourth-order valence-electron chi connectivity index (χ4n) is 12.5. The summed E-state index contributed by atoms with van der Waals surface area (Å²) in [5.41, 5.74) is 0. The molecular formula is C76H136N8Ni2S12-8. The molecule has 4 unspecified atom stereocenters. The van der Waals surface area contributed by atoms with Gasteiger partial charge in [0.2, 0.25) is 0 Å². The average molecular weight is 1660 g/mol. The van der Waals surface area contributed by atoms with Crippen molar-refractivity contribution in [3.8, 4) is 0 Å². The molecule has 0 aliphatic rings. The number of rotatable bonds is 52. The predicted molar refractivity (Wildman–Crippen MR) is 445 cm³/mol. The second kappa shape index (κ2) is 62.5. The van der Waals surface area contributed by atoms with Crippen molar-refractivity contribution in [1.82, 2.24) is 36.5 Å². The van der Waals surface area contributed by atoms with Gasteiger partial charge in [0, 0.05) is 85.3 Å². The first-order valence-corrected chi connectivity index (χ1v) is 43.8. The zero-order valence-corrected chi connectivity index (χ0v) is 75.1. The van der Waals surface area contributed by atoms with Gasteiger partial charge in [-0.1, -0.05) is 289 Å². The summed E-state index contributed by atoms with van der Waals surface area (Å²) in [4.78, 5) is 0. The quantitative estimate of drug-likeness (QED) is 0.0183. The Labute approximate surface area is 687 Å². The van der Waals surface area contributed by atoms with Crippen LogP contribution in [0.15, 0.2) is 40.2 Å². The van der Waals surface area contributed by atoms with Crippen LogP contribution in [0.5, 0.6) is 0 Å². The van der Waals surface area contributed by atoms with Crippen LogP contribution in [0.1, 0.15) is 340 Å². The van der Waals surface area contributed by atoms with Gasteiger partial charge in [-0.3, -0.25) is 0 Å². The third-order valence-corrected chi connectivity index (χ3v) is 25.0. The van der Waals surface area contributed by atoms with Crippen molar-refractivity contribution in [1.29, 1.82) is 0 Å². The SMILES string of the molecule is CCCCC(CC)Cn1c([S-])c([S-])n(CC(CC)CCCC)c1=S.CCCCC(CC)Cn1c([S-])c([S-])n(CC(CC)CCCC)c1=S.CCCCCCCCn1c([S-])c([S-])n(CCCCCCCC)c1=S.CCCCCCCCn1c([S-])c([S-])n(CCCCCCCC)c1=S.[Ni].[Ni]. The molecule has 22 heteroatoms. The van der Waals surface area contributed by atoms with E-state index in [4.69, 9.17) is 150 Å². The minimum atomic E-state index is 0. The van der Waals surface area contributed by atoms with E-state index in [0.717, 1.165) is 137 Å². The van der Waals surface area contributed by atoms with E-state index in [-0.39, 0.29) is 33.0 Å². The summed E-state index contributed by atoms with van der Waals surface area (Å²) in [7, 11) is 0. The summed E-state index contributed by atoms with van der Waals surface area (Å²) in [6.07, 6.45) is 50.5. The monoisotopic (exact) mass is 1660 g/mol. The summed E-state index contributed by atoms with van der Waals surface area (Å²) < 4.78 is 20.2. The molecule has 0 spiro atoms. The maximum atomic E-state index is 5.75. The van der Waals surface area contributed by atoms with Crippen LogP contribution < -0.4 is 0 Å². The second-order valence-corrected chi connectivity index (χ2v) is 31.9. The van der Waals surface area contributed by atoms with Crippen LogP contribution in [0.3, 0.4) is 0 Å². The Morgan fingerprint density at radius 1 is 0.214 bits per heavy atom.